The molecule has 7 heteroatoms. The molecule has 3 aromatic carbocycles. The summed E-state index contributed by atoms with van der Waals surface area (Å²) in [7, 11) is 1.97. The fraction of sp³-hybridized carbons (Fsp3) is 0.0417. The first-order valence-electron chi connectivity index (χ1n) is 9.51. The molecule has 0 spiro atoms. The van der Waals surface area contributed by atoms with Crippen molar-refractivity contribution in [2.45, 2.75) is 0 Å². The van der Waals surface area contributed by atoms with Gasteiger partial charge in [-0.2, -0.15) is 4.98 Å². The van der Waals surface area contributed by atoms with Crippen molar-refractivity contribution in [3.63, 3.8) is 0 Å². The van der Waals surface area contributed by atoms with Crippen molar-refractivity contribution in [3.8, 4) is 11.8 Å². The molecule has 0 amide bonds. The van der Waals surface area contributed by atoms with Crippen molar-refractivity contribution in [3.05, 3.63) is 94.2 Å². The Balaban J connectivity index is 1.56. The Morgan fingerprint density at radius 1 is 0.839 bits per heavy atom. The first-order valence-corrected chi connectivity index (χ1v) is 10.3. The number of rotatable bonds is 2. The Hall–Kier alpha value is -3.59. The van der Waals surface area contributed by atoms with Crippen LogP contribution in [-0.2, 0) is 0 Å². The number of nitrogens with zero attached hydrogens (tertiary/aromatic N) is 5. The van der Waals surface area contributed by atoms with E-state index in [2.05, 4.69) is 22.0 Å². The summed E-state index contributed by atoms with van der Waals surface area (Å²) < 4.78 is 1.74. The van der Waals surface area contributed by atoms with Gasteiger partial charge in [-0.25, -0.2) is 4.40 Å². The zero-order valence-corrected chi connectivity index (χ0v) is 17.9. The van der Waals surface area contributed by atoms with Gasteiger partial charge >= 0.3 is 0 Å². The standard InChI is InChI=1S/C24H15Cl2N5/c1-30(19-6-4-5-17(15-19)10-9-16-11-13-18(25)14-12-16)22-20-7-2-3-8-21(20)31-23(26)28-29-24(31)27-22/h2-8,11-15H,1H3. The third-order valence-corrected chi connectivity index (χ3v) is 5.44. The van der Waals surface area contributed by atoms with E-state index in [1.807, 2.05) is 84.7 Å². The number of benzene rings is 3. The van der Waals surface area contributed by atoms with Gasteiger partial charge in [-0.1, -0.05) is 41.6 Å². The van der Waals surface area contributed by atoms with Crippen LogP contribution in [-0.4, -0.2) is 26.6 Å². The van der Waals surface area contributed by atoms with E-state index >= 15 is 0 Å². The van der Waals surface area contributed by atoms with E-state index in [4.69, 9.17) is 28.2 Å². The van der Waals surface area contributed by atoms with E-state index < -0.39 is 0 Å². The number of aromatic nitrogens is 4. The molecule has 5 nitrogen and oxygen atoms in total. The summed E-state index contributed by atoms with van der Waals surface area (Å²) in [6.07, 6.45) is 0. The van der Waals surface area contributed by atoms with Gasteiger partial charge in [-0.3, -0.25) is 0 Å². The molecule has 31 heavy (non-hydrogen) atoms. The number of para-hydroxylation sites is 1. The molecule has 0 radical (unpaired) electrons. The maximum Gasteiger partial charge on any atom is 0.258 e. The molecule has 0 aliphatic heterocycles. The van der Waals surface area contributed by atoms with E-state index in [-0.39, 0.29) is 5.28 Å². The van der Waals surface area contributed by atoms with Gasteiger partial charge in [0.1, 0.15) is 5.82 Å². The molecular formula is C24H15Cl2N5. The predicted molar refractivity (Wildman–Crippen MR) is 125 cm³/mol. The monoisotopic (exact) mass is 443 g/mol. The number of hydrogen-bond donors (Lipinski definition) is 0. The van der Waals surface area contributed by atoms with Crippen LogP contribution in [0.5, 0.6) is 0 Å². The Labute approximate surface area is 188 Å². The molecule has 0 aliphatic rings. The molecule has 5 rings (SSSR count). The SMILES string of the molecule is CN(c1cccc(C#Cc2ccc(Cl)cc2)c1)c1nc2nnc(Cl)n2c2ccccc12. The first kappa shape index (κ1) is 19.4. The topological polar surface area (TPSA) is 46.3 Å². The lowest BCUT2D eigenvalue weighted by Gasteiger charge is -2.20. The predicted octanol–water partition coefficient (Wildman–Crippen LogP) is 5.75. The van der Waals surface area contributed by atoms with Gasteiger partial charge in [-0.05, 0) is 66.2 Å². The maximum absolute atomic E-state index is 6.23. The molecule has 0 fully saturated rings. The Morgan fingerprint density at radius 2 is 1.61 bits per heavy atom. The van der Waals surface area contributed by atoms with Crippen LogP contribution in [0.2, 0.25) is 10.3 Å². The number of halogens is 2. The van der Waals surface area contributed by atoms with Crippen LogP contribution in [0.25, 0.3) is 16.7 Å². The lowest BCUT2D eigenvalue weighted by atomic mass is 10.1. The second kappa shape index (κ2) is 7.92. The zero-order chi connectivity index (χ0) is 21.4. The summed E-state index contributed by atoms with van der Waals surface area (Å²) in [5.74, 6) is 7.59. The molecule has 0 N–H and O–H groups in total. The van der Waals surface area contributed by atoms with Gasteiger partial charge in [0.15, 0.2) is 0 Å². The summed E-state index contributed by atoms with van der Waals surface area (Å²) in [5.41, 5.74) is 3.65. The Bertz CT molecular complexity index is 1480. The van der Waals surface area contributed by atoms with Crippen LogP contribution < -0.4 is 4.90 Å². The number of anilines is 2. The second-order valence-electron chi connectivity index (χ2n) is 6.92. The summed E-state index contributed by atoms with van der Waals surface area (Å²) in [6, 6.07) is 23.4. The first-order chi connectivity index (χ1) is 15.1. The van der Waals surface area contributed by atoms with Crippen LogP contribution in [0.3, 0.4) is 0 Å². The van der Waals surface area contributed by atoms with E-state index in [0.717, 1.165) is 33.5 Å². The normalized spacial score (nSPS) is 10.8. The van der Waals surface area contributed by atoms with Crippen LogP contribution in [0.15, 0.2) is 72.8 Å². The largest absolute Gasteiger partial charge is 0.329 e. The highest BCUT2D eigenvalue weighted by atomic mass is 35.5. The summed E-state index contributed by atoms with van der Waals surface area (Å²) in [4.78, 5) is 6.73. The van der Waals surface area contributed by atoms with Crippen LogP contribution >= 0.6 is 23.2 Å². The van der Waals surface area contributed by atoms with Crippen LogP contribution in [0.1, 0.15) is 11.1 Å². The average molecular weight is 444 g/mol. The molecule has 0 saturated heterocycles. The highest BCUT2D eigenvalue weighted by Gasteiger charge is 2.16. The fourth-order valence-corrected chi connectivity index (χ4v) is 3.73. The quantitative estimate of drug-likeness (QED) is 0.325. The third kappa shape index (κ3) is 3.68. The van der Waals surface area contributed by atoms with E-state index in [1.165, 1.54) is 0 Å². The Morgan fingerprint density at radius 3 is 2.45 bits per heavy atom. The van der Waals surface area contributed by atoms with Gasteiger partial charge in [0, 0.05) is 34.3 Å². The van der Waals surface area contributed by atoms with Crippen molar-refractivity contribution in [1.29, 1.82) is 0 Å². The van der Waals surface area contributed by atoms with Crippen LogP contribution in [0, 0.1) is 11.8 Å². The number of hydrogen-bond acceptors (Lipinski definition) is 4. The van der Waals surface area contributed by atoms with Gasteiger partial charge in [-0.15, -0.1) is 10.2 Å². The molecule has 0 saturated carbocycles. The lowest BCUT2D eigenvalue weighted by molar-refractivity contribution is 1.08. The molecule has 0 aliphatic carbocycles. The second-order valence-corrected chi connectivity index (χ2v) is 7.70. The van der Waals surface area contributed by atoms with Crippen LogP contribution in [0.4, 0.5) is 11.5 Å². The van der Waals surface area contributed by atoms with Crippen molar-refractivity contribution < 1.29 is 0 Å². The molecule has 150 valence electrons. The highest BCUT2D eigenvalue weighted by molar-refractivity contribution is 6.30. The van der Waals surface area contributed by atoms with Crippen molar-refractivity contribution in [2.75, 3.05) is 11.9 Å². The van der Waals surface area contributed by atoms with Crippen molar-refractivity contribution in [2.24, 2.45) is 0 Å². The minimum atomic E-state index is 0.285. The number of fused-ring (bicyclic) bond motifs is 3. The molecular weight excluding hydrogens is 429 g/mol. The summed E-state index contributed by atoms with van der Waals surface area (Å²) in [5, 5.41) is 9.99. The van der Waals surface area contributed by atoms with E-state index in [9.17, 15) is 0 Å². The minimum absolute atomic E-state index is 0.285. The van der Waals surface area contributed by atoms with E-state index in [1.54, 1.807) is 4.40 Å². The average Bonchev–Trinajstić information content (AvgIpc) is 3.19. The van der Waals surface area contributed by atoms with Crippen molar-refractivity contribution >= 4 is 51.4 Å². The fourth-order valence-electron chi connectivity index (χ4n) is 3.40. The molecule has 0 unspecified atom stereocenters. The molecule has 0 atom stereocenters. The molecule has 2 aromatic heterocycles. The lowest BCUT2D eigenvalue weighted by Crippen LogP contribution is -2.13. The zero-order valence-electron chi connectivity index (χ0n) is 16.4. The van der Waals surface area contributed by atoms with Gasteiger partial charge in [0.25, 0.3) is 5.78 Å². The van der Waals surface area contributed by atoms with Gasteiger partial charge in [0.2, 0.25) is 5.28 Å². The summed E-state index contributed by atoms with van der Waals surface area (Å²) >= 11 is 12.2. The highest BCUT2D eigenvalue weighted by Crippen LogP contribution is 2.31. The smallest absolute Gasteiger partial charge is 0.258 e. The third-order valence-electron chi connectivity index (χ3n) is 4.94. The van der Waals surface area contributed by atoms with E-state index in [0.29, 0.717) is 10.8 Å². The maximum atomic E-state index is 6.23. The summed E-state index contributed by atoms with van der Waals surface area (Å²) in [6.45, 7) is 0. The molecule has 5 aromatic rings. The molecule has 0 bridgehead atoms. The van der Waals surface area contributed by atoms with Crippen molar-refractivity contribution in [1.82, 2.24) is 19.6 Å². The Kier molecular flexibility index (Phi) is 4.95. The molecule has 2 heterocycles. The van der Waals surface area contributed by atoms with Gasteiger partial charge < -0.3 is 4.90 Å². The minimum Gasteiger partial charge on any atom is -0.329 e. The van der Waals surface area contributed by atoms with Gasteiger partial charge in [0.05, 0.1) is 5.52 Å².